The van der Waals surface area contributed by atoms with Crippen molar-refractivity contribution >= 4 is 23.2 Å². The molecule has 0 aliphatic heterocycles. The zero-order chi connectivity index (χ0) is 16.4. The number of ether oxygens (including phenoxy) is 1. The van der Waals surface area contributed by atoms with Crippen molar-refractivity contribution < 1.29 is 9.53 Å². The third kappa shape index (κ3) is 2.81. The lowest BCUT2D eigenvalue weighted by Gasteiger charge is -2.41. The number of aryl methyl sites for hydroxylation is 1. The summed E-state index contributed by atoms with van der Waals surface area (Å²) >= 11 is 6.06. The number of amides is 1. The molecule has 0 aromatic heterocycles. The predicted molar refractivity (Wildman–Crippen MR) is 93.3 cm³/mol. The minimum absolute atomic E-state index is 0.0126. The third-order valence-electron chi connectivity index (χ3n) is 4.71. The molecule has 3 nitrogen and oxygen atoms in total. The van der Waals surface area contributed by atoms with Gasteiger partial charge in [-0.1, -0.05) is 42.3 Å². The normalized spacial score (nSPS) is 15.6. The van der Waals surface area contributed by atoms with Gasteiger partial charge in [0.25, 0.3) is 0 Å². The standard InChI is InChI=1S/C19H20ClNO2/c1-13-8-9-14(20)12-16(13)21-18(22)19(10-5-11-19)15-6-3-4-7-17(15)23-2/h3-4,6-9,12H,5,10-11H2,1-2H3,(H,21,22). The largest absolute Gasteiger partial charge is 0.496 e. The van der Waals surface area contributed by atoms with Gasteiger partial charge in [-0.15, -0.1) is 0 Å². The van der Waals surface area contributed by atoms with E-state index in [9.17, 15) is 4.79 Å². The van der Waals surface area contributed by atoms with E-state index in [1.54, 1.807) is 13.2 Å². The first-order valence-corrected chi connectivity index (χ1v) is 8.16. The maximum atomic E-state index is 13.0. The van der Waals surface area contributed by atoms with Crippen molar-refractivity contribution in [3.05, 3.63) is 58.6 Å². The molecule has 4 heteroatoms. The summed E-state index contributed by atoms with van der Waals surface area (Å²) in [5.74, 6) is 0.781. The summed E-state index contributed by atoms with van der Waals surface area (Å²) in [7, 11) is 1.64. The molecule has 0 spiro atoms. The quantitative estimate of drug-likeness (QED) is 0.881. The second-order valence-electron chi connectivity index (χ2n) is 6.05. The Bertz CT molecular complexity index is 738. The molecular weight excluding hydrogens is 310 g/mol. The maximum absolute atomic E-state index is 13.0. The number of anilines is 1. The van der Waals surface area contributed by atoms with Crippen LogP contribution in [0.2, 0.25) is 5.02 Å². The van der Waals surface area contributed by atoms with Gasteiger partial charge in [0.1, 0.15) is 5.75 Å². The summed E-state index contributed by atoms with van der Waals surface area (Å²) < 4.78 is 5.47. The molecule has 2 aromatic carbocycles. The van der Waals surface area contributed by atoms with Crippen LogP contribution in [0.4, 0.5) is 5.69 Å². The second-order valence-corrected chi connectivity index (χ2v) is 6.49. The Morgan fingerprint density at radius 2 is 1.96 bits per heavy atom. The highest BCUT2D eigenvalue weighted by molar-refractivity contribution is 6.31. The number of para-hydroxylation sites is 1. The number of methoxy groups -OCH3 is 1. The van der Waals surface area contributed by atoms with Crippen LogP contribution < -0.4 is 10.1 Å². The Hall–Kier alpha value is -2.00. The number of rotatable bonds is 4. The minimum Gasteiger partial charge on any atom is -0.496 e. The van der Waals surface area contributed by atoms with Crippen molar-refractivity contribution in [2.45, 2.75) is 31.6 Å². The molecule has 23 heavy (non-hydrogen) atoms. The molecule has 1 aliphatic rings. The molecule has 0 radical (unpaired) electrons. The molecule has 1 amide bonds. The van der Waals surface area contributed by atoms with Gasteiger partial charge in [-0.25, -0.2) is 0 Å². The SMILES string of the molecule is COc1ccccc1C1(C(=O)Nc2cc(Cl)ccc2C)CCC1. The van der Waals surface area contributed by atoms with E-state index in [2.05, 4.69) is 5.32 Å². The zero-order valence-electron chi connectivity index (χ0n) is 13.4. The van der Waals surface area contributed by atoms with Crippen LogP contribution in [0.3, 0.4) is 0 Å². The number of carbonyl (C=O) groups excluding carboxylic acids is 1. The van der Waals surface area contributed by atoms with Gasteiger partial charge >= 0.3 is 0 Å². The molecule has 3 rings (SSSR count). The summed E-state index contributed by atoms with van der Waals surface area (Å²) in [5, 5.41) is 3.68. The molecule has 1 fully saturated rings. The second kappa shape index (κ2) is 6.25. The molecule has 0 heterocycles. The first-order valence-electron chi connectivity index (χ1n) is 7.78. The highest BCUT2D eigenvalue weighted by Gasteiger charge is 2.47. The lowest BCUT2D eigenvalue weighted by atomic mass is 9.63. The van der Waals surface area contributed by atoms with Gasteiger partial charge in [-0.2, -0.15) is 0 Å². The van der Waals surface area contributed by atoms with Crippen molar-refractivity contribution in [3.63, 3.8) is 0 Å². The van der Waals surface area contributed by atoms with E-state index in [4.69, 9.17) is 16.3 Å². The maximum Gasteiger partial charge on any atom is 0.235 e. The Morgan fingerprint density at radius 3 is 2.61 bits per heavy atom. The van der Waals surface area contributed by atoms with E-state index in [1.807, 2.05) is 43.3 Å². The van der Waals surface area contributed by atoms with E-state index in [0.29, 0.717) is 5.02 Å². The van der Waals surface area contributed by atoms with Crippen LogP contribution in [-0.4, -0.2) is 13.0 Å². The van der Waals surface area contributed by atoms with Crippen molar-refractivity contribution in [2.24, 2.45) is 0 Å². The first-order chi connectivity index (χ1) is 11.1. The van der Waals surface area contributed by atoms with Crippen LogP contribution >= 0.6 is 11.6 Å². The Morgan fingerprint density at radius 1 is 1.22 bits per heavy atom. The van der Waals surface area contributed by atoms with Gasteiger partial charge in [0.2, 0.25) is 5.91 Å². The molecule has 2 aromatic rings. The number of hydrogen-bond donors (Lipinski definition) is 1. The van der Waals surface area contributed by atoms with Crippen LogP contribution in [0.5, 0.6) is 5.75 Å². The molecule has 1 saturated carbocycles. The Kier molecular flexibility index (Phi) is 4.31. The smallest absolute Gasteiger partial charge is 0.235 e. The fourth-order valence-electron chi connectivity index (χ4n) is 3.16. The van der Waals surface area contributed by atoms with E-state index >= 15 is 0 Å². The summed E-state index contributed by atoms with van der Waals surface area (Å²) in [6.45, 7) is 1.96. The zero-order valence-corrected chi connectivity index (χ0v) is 14.1. The monoisotopic (exact) mass is 329 g/mol. The highest BCUT2D eigenvalue weighted by atomic mass is 35.5. The van der Waals surface area contributed by atoms with Gasteiger partial charge in [-0.05, 0) is 43.5 Å². The Balaban J connectivity index is 1.94. The molecule has 0 bridgehead atoms. The molecule has 0 unspecified atom stereocenters. The lowest BCUT2D eigenvalue weighted by molar-refractivity contribution is -0.124. The van der Waals surface area contributed by atoms with Crippen molar-refractivity contribution in [1.82, 2.24) is 0 Å². The highest BCUT2D eigenvalue weighted by Crippen LogP contribution is 2.48. The molecule has 1 aliphatic carbocycles. The van der Waals surface area contributed by atoms with Crippen LogP contribution in [0.25, 0.3) is 0 Å². The average molecular weight is 330 g/mol. The fourth-order valence-corrected chi connectivity index (χ4v) is 3.33. The summed E-state index contributed by atoms with van der Waals surface area (Å²) in [5.41, 5.74) is 2.22. The molecular formula is C19H20ClNO2. The van der Waals surface area contributed by atoms with E-state index in [-0.39, 0.29) is 5.91 Å². The van der Waals surface area contributed by atoms with Gasteiger partial charge < -0.3 is 10.1 Å². The van der Waals surface area contributed by atoms with Crippen LogP contribution in [0, 0.1) is 6.92 Å². The minimum atomic E-state index is -0.513. The fraction of sp³-hybridized carbons (Fsp3) is 0.316. The van der Waals surface area contributed by atoms with Gasteiger partial charge in [0, 0.05) is 16.3 Å². The van der Waals surface area contributed by atoms with Crippen LogP contribution in [-0.2, 0) is 10.2 Å². The van der Waals surface area contributed by atoms with Gasteiger partial charge in [0.15, 0.2) is 0 Å². The number of hydrogen-bond acceptors (Lipinski definition) is 2. The molecule has 0 atom stereocenters. The predicted octanol–water partition coefficient (Wildman–Crippen LogP) is 4.72. The third-order valence-corrected chi connectivity index (χ3v) is 4.95. The van der Waals surface area contributed by atoms with Crippen molar-refractivity contribution in [1.29, 1.82) is 0 Å². The van der Waals surface area contributed by atoms with E-state index in [0.717, 1.165) is 41.8 Å². The van der Waals surface area contributed by atoms with Crippen LogP contribution in [0.1, 0.15) is 30.4 Å². The molecule has 1 N–H and O–H groups in total. The first kappa shape index (κ1) is 15.9. The molecule has 120 valence electrons. The number of carbonyl (C=O) groups is 1. The van der Waals surface area contributed by atoms with Crippen molar-refractivity contribution in [2.75, 3.05) is 12.4 Å². The summed E-state index contributed by atoms with van der Waals surface area (Å²) in [6, 6.07) is 13.3. The molecule has 0 saturated heterocycles. The topological polar surface area (TPSA) is 38.3 Å². The average Bonchev–Trinajstić information content (AvgIpc) is 2.50. The van der Waals surface area contributed by atoms with Gasteiger partial charge in [-0.3, -0.25) is 4.79 Å². The lowest BCUT2D eigenvalue weighted by Crippen LogP contribution is -2.46. The number of halogens is 1. The van der Waals surface area contributed by atoms with Crippen LogP contribution in [0.15, 0.2) is 42.5 Å². The van der Waals surface area contributed by atoms with E-state index in [1.165, 1.54) is 0 Å². The van der Waals surface area contributed by atoms with Gasteiger partial charge in [0.05, 0.1) is 12.5 Å². The summed E-state index contributed by atoms with van der Waals surface area (Å²) in [4.78, 5) is 13.0. The summed E-state index contributed by atoms with van der Waals surface area (Å²) in [6.07, 6.45) is 2.71. The van der Waals surface area contributed by atoms with Crippen molar-refractivity contribution in [3.8, 4) is 5.75 Å². The Labute approximate surface area is 141 Å². The number of benzene rings is 2. The van der Waals surface area contributed by atoms with E-state index < -0.39 is 5.41 Å². The number of nitrogens with one attached hydrogen (secondary N) is 1.